The van der Waals surface area contributed by atoms with Gasteiger partial charge in [-0.3, -0.25) is 9.98 Å². The summed E-state index contributed by atoms with van der Waals surface area (Å²) in [6, 6.07) is 5.91. The van der Waals surface area contributed by atoms with Gasteiger partial charge in [-0.2, -0.15) is 0 Å². The third-order valence-corrected chi connectivity index (χ3v) is 3.89. The van der Waals surface area contributed by atoms with E-state index in [1.54, 1.807) is 6.20 Å². The highest BCUT2D eigenvalue weighted by Crippen LogP contribution is 2.33. The van der Waals surface area contributed by atoms with Gasteiger partial charge in [0, 0.05) is 30.2 Å². The molecular weight excluding hydrogens is 246 g/mol. The van der Waals surface area contributed by atoms with E-state index in [9.17, 15) is 0 Å². The van der Waals surface area contributed by atoms with E-state index in [4.69, 9.17) is 5.73 Å². The van der Waals surface area contributed by atoms with Crippen LogP contribution >= 0.6 is 0 Å². The number of hydrogen-bond acceptors (Lipinski definition) is 3. The van der Waals surface area contributed by atoms with Crippen molar-refractivity contribution in [1.29, 1.82) is 0 Å². The normalized spacial score (nSPS) is 11.2. The quantitative estimate of drug-likeness (QED) is 0.678. The molecule has 1 aromatic heterocycles. The number of rotatable bonds is 3. The summed E-state index contributed by atoms with van der Waals surface area (Å²) in [5.41, 5.74) is 13.6. The first-order valence-corrected chi connectivity index (χ1v) is 6.80. The Hall–Kier alpha value is -2.16. The average Bonchev–Trinajstić information content (AvgIpc) is 2.48. The number of pyridine rings is 1. The van der Waals surface area contributed by atoms with Crippen LogP contribution in [0.5, 0.6) is 0 Å². The number of benzene rings is 1. The third-order valence-electron chi connectivity index (χ3n) is 3.89. The SMILES string of the molecule is Cc1c(C)c(N=CCc2ccccn2)c(C)c(C)c1N. The van der Waals surface area contributed by atoms with Crippen LogP contribution in [0.3, 0.4) is 0 Å². The van der Waals surface area contributed by atoms with Crippen LogP contribution in [0.2, 0.25) is 0 Å². The van der Waals surface area contributed by atoms with Crippen LogP contribution in [0.4, 0.5) is 11.4 Å². The molecule has 0 amide bonds. The lowest BCUT2D eigenvalue weighted by Crippen LogP contribution is -2.00. The van der Waals surface area contributed by atoms with Crippen molar-refractivity contribution in [3.05, 3.63) is 52.3 Å². The molecule has 0 unspecified atom stereocenters. The van der Waals surface area contributed by atoms with E-state index in [1.807, 2.05) is 24.4 Å². The van der Waals surface area contributed by atoms with Crippen LogP contribution in [0, 0.1) is 27.7 Å². The molecule has 0 aliphatic carbocycles. The molecule has 2 N–H and O–H groups in total. The number of nitrogens with zero attached hydrogens (tertiary/aromatic N) is 2. The number of nitrogen functional groups attached to an aromatic ring is 1. The van der Waals surface area contributed by atoms with Crippen LogP contribution in [0.1, 0.15) is 27.9 Å². The summed E-state index contributed by atoms with van der Waals surface area (Å²) < 4.78 is 0. The number of aliphatic imine (C=N–C) groups is 1. The van der Waals surface area contributed by atoms with Crippen LogP contribution in [-0.4, -0.2) is 11.2 Å². The molecule has 0 saturated carbocycles. The maximum atomic E-state index is 6.11. The molecule has 0 aliphatic rings. The Labute approximate surface area is 120 Å². The molecule has 0 aliphatic heterocycles. The van der Waals surface area contributed by atoms with E-state index in [0.717, 1.165) is 45.7 Å². The minimum atomic E-state index is 0.738. The first-order chi connectivity index (χ1) is 9.52. The van der Waals surface area contributed by atoms with Crippen molar-refractivity contribution >= 4 is 17.6 Å². The van der Waals surface area contributed by atoms with Gasteiger partial charge in [0.2, 0.25) is 0 Å². The lowest BCUT2D eigenvalue weighted by molar-refractivity contribution is 1.15. The summed E-state index contributed by atoms with van der Waals surface area (Å²) in [5.74, 6) is 0. The number of nitrogens with two attached hydrogens (primary N) is 1. The number of hydrogen-bond donors (Lipinski definition) is 1. The number of anilines is 1. The molecule has 0 fully saturated rings. The number of aromatic nitrogens is 1. The Morgan fingerprint density at radius 2 is 1.70 bits per heavy atom. The van der Waals surface area contributed by atoms with Crippen molar-refractivity contribution in [2.75, 3.05) is 5.73 Å². The highest BCUT2D eigenvalue weighted by Gasteiger charge is 2.11. The van der Waals surface area contributed by atoms with Crippen molar-refractivity contribution in [3.8, 4) is 0 Å². The molecule has 3 nitrogen and oxygen atoms in total. The fourth-order valence-corrected chi connectivity index (χ4v) is 2.26. The summed E-state index contributed by atoms with van der Waals surface area (Å²) in [5, 5.41) is 0. The standard InChI is InChI=1S/C17H21N3/c1-11-13(3)17(14(4)12(2)16(11)18)20-10-8-15-7-5-6-9-19-15/h5-7,9-10H,8,18H2,1-4H3. The smallest absolute Gasteiger partial charge is 0.0690 e. The Morgan fingerprint density at radius 3 is 2.25 bits per heavy atom. The lowest BCUT2D eigenvalue weighted by atomic mass is 9.96. The lowest BCUT2D eigenvalue weighted by Gasteiger charge is -2.15. The fourth-order valence-electron chi connectivity index (χ4n) is 2.26. The zero-order valence-corrected chi connectivity index (χ0v) is 12.6. The average molecular weight is 267 g/mol. The molecule has 0 radical (unpaired) electrons. The van der Waals surface area contributed by atoms with E-state index >= 15 is 0 Å². The maximum Gasteiger partial charge on any atom is 0.0690 e. The summed E-state index contributed by atoms with van der Waals surface area (Å²) in [6.45, 7) is 8.25. The topological polar surface area (TPSA) is 51.3 Å². The summed E-state index contributed by atoms with van der Waals surface area (Å²) in [4.78, 5) is 8.94. The van der Waals surface area contributed by atoms with Gasteiger partial charge in [0.25, 0.3) is 0 Å². The second-order valence-electron chi connectivity index (χ2n) is 5.10. The zero-order chi connectivity index (χ0) is 14.7. The van der Waals surface area contributed by atoms with E-state index in [1.165, 1.54) is 0 Å². The van der Waals surface area contributed by atoms with Crippen molar-refractivity contribution in [3.63, 3.8) is 0 Å². The largest absolute Gasteiger partial charge is 0.398 e. The van der Waals surface area contributed by atoms with E-state index < -0.39 is 0 Å². The Kier molecular flexibility index (Phi) is 4.18. The van der Waals surface area contributed by atoms with Crippen LogP contribution in [0.25, 0.3) is 0 Å². The van der Waals surface area contributed by atoms with Gasteiger partial charge in [0.15, 0.2) is 0 Å². The van der Waals surface area contributed by atoms with Crippen LogP contribution < -0.4 is 5.73 Å². The van der Waals surface area contributed by atoms with Crippen molar-refractivity contribution in [2.45, 2.75) is 34.1 Å². The van der Waals surface area contributed by atoms with Gasteiger partial charge in [-0.05, 0) is 62.1 Å². The minimum absolute atomic E-state index is 0.738. The van der Waals surface area contributed by atoms with Crippen LogP contribution in [0.15, 0.2) is 29.4 Å². The summed E-state index contributed by atoms with van der Waals surface area (Å²) in [6.07, 6.45) is 4.46. The highest BCUT2D eigenvalue weighted by molar-refractivity contribution is 5.74. The second-order valence-corrected chi connectivity index (χ2v) is 5.10. The van der Waals surface area contributed by atoms with Gasteiger partial charge in [-0.25, -0.2) is 0 Å². The summed E-state index contributed by atoms with van der Waals surface area (Å²) in [7, 11) is 0. The van der Waals surface area contributed by atoms with Gasteiger partial charge in [0.1, 0.15) is 0 Å². The van der Waals surface area contributed by atoms with E-state index in [2.05, 4.69) is 37.7 Å². The molecule has 3 heteroatoms. The molecule has 1 aromatic carbocycles. The van der Waals surface area contributed by atoms with E-state index in [0.29, 0.717) is 0 Å². The second kappa shape index (κ2) is 5.87. The van der Waals surface area contributed by atoms with Gasteiger partial charge >= 0.3 is 0 Å². The first kappa shape index (κ1) is 14.3. The molecule has 2 rings (SSSR count). The Balaban J connectivity index is 2.30. The van der Waals surface area contributed by atoms with Gasteiger partial charge < -0.3 is 5.73 Å². The minimum Gasteiger partial charge on any atom is -0.398 e. The van der Waals surface area contributed by atoms with Gasteiger partial charge in [-0.1, -0.05) is 6.07 Å². The maximum absolute atomic E-state index is 6.11. The monoisotopic (exact) mass is 267 g/mol. The molecule has 0 saturated heterocycles. The molecule has 0 bridgehead atoms. The molecular formula is C17H21N3. The van der Waals surface area contributed by atoms with Gasteiger partial charge in [0.05, 0.1) is 5.69 Å². The first-order valence-electron chi connectivity index (χ1n) is 6.80. The third kappa shape index (κ3) is 2.72. The van der Waals surface area contributed by atoms with Crippen LogP contribution in [-0.2, 0) is 6.42 Å². The summed E-state index contributed by atoms with van der Waals surface area (Å²) >= 11 is 0. The molecule has 0 atom stereocenters. The van der Waals surface area contributed by atoms with Gasteiger partial charge in [-0.15, -0.1) is 0 Å². The van der Waals surface area contributed by atoms with E-state index in [-0.39, 0.29) is 0 Å². The molecule has 104 valence electrons. The van der Waals surface area contributed by atoms with Crippen molar-refractivity contribution in [2.24, 2.45) is 4.99 Å². The molecule has 2 aromatic rings. The zero-order valence-electron chi connectivity index (χ0n) is 12.6. The molecule has 1 heterocycles. The predicted octanol–water partition coefficient (Wildman–Crippen LogP) is 3.84. The predicted molar refractivity (Wildman–Crippen MR) is 85.9 cm³/mol. The highest BCUT2D eigenvalue weighted by atomic mass is 14.7. The molecule has 0 spiro atoms. The fraction of sp³-hybridized carbons (Fsp3) is 0.294. The Morgan fingerprint density at radius 1 is 1.05 bits per heavy atom. The van der Waals surface area contributed by atoms with Crippen molar-refractivity contribution in [1.82, 2.24) is 4.98 Å². The van der Waals surface area contributed by atoms with Crippen molar-refractivity contribution < 1.29 is 0 Å². The molecule has 20 heavy (non-hydrogen) atoms. The Bertz CT molecular complexity index is 614.